The molecule has 2 heterocycles. The van der Waals surface area contributed by atoms with E-state index >= 15 is 0 Å². The molecular weight excluding hydrogens is 406 g/mol. The monoisotopic (exact) mass is 429 g/mol. The number of imidazole rings is 1. The van der Waals surface area contributed by atoms with Gasteiger partial charge in [-0.1, -0.05) is 30.7 Å². The van der Waals surface area contributed by atoms with E-state index in [-0.39, 0.29) is 24.9 Å². The number of anilines is 1. The van der Waals surface area contributed by atoms with Crippen LogP contribution in [0.3, 0.4) is 0 Å². The molecule has 0 aliphatic rings. The molecule has 2 atom stereocenters. The van der Waals surface area contributed by atoms with Crippen LogP contribution in [0.4, 0.5) is 5.82 Å². The first-order chi connectivity index (χ1) is 14.5. The largest absolute Gasteiger partial charge is 0.394 e. The van der Waals surface area contributed by atoms with Gasteiger partial charge in [-0.25, -0.2) is 9.97 Å². The van der Waals surface area contributed by atoms with Gasteiger partial charge in [0.1, 0.15) is 17.8 Å². The summed E-state index contributed by atoms with van der Waals surface area (Å²) < 4.78 is 1.70. The Morgan fingerprint density at radius 1 is 1.20 bits per heavy atom. The van der Waals surface area contributed by atoms with Crippen LogP contribution in [0.1, 0.15) is 35.4 Å². The van der Waals surface area contributed by atoms with Crippen LogP contribution in [0.2, 0.25) is 5.02 Å². The molecule has 1 amide bonds. The fraction of sp³-hybridized carbons (Fsp3) is 0.286. The van der Waals surface area contributed by atoms with Gasteiger partial charge in [-0.2, -0.15) is 0 Å². The predicted octanol–water partition coefficient (Wildman–Crippen LogP) is 2.57. The third-order valence-corrected chi connectivity index (χ3v) is 4.90. The zero-order valence-corrected chi connectivity index (χ0v) is 17.3. The Balaban J connectivity index is 1.73. The normalized spacial score (nSPS) is 12.9. The summed E-state index contributed by atoms with van der Waals surface area (Å²) in [7, 11) is 0. The maximum absolute atomic E-state index is 12.6. The summed E-state index contributed by atoms with van der Waals surface area (Å²) in [6.07, 6.45) is 5.54. The number of halogens is 1. The second-order valence-corrected chi connectivity index (χ2v) is 7.20. The molecule has 158 valence electrons. The Bertz CT molecular complexity index is 990. The van der Waals surface area contributed by atoms with Gasteiger partial charge in [-0.3, -0.25) is 4.79 Å². The number of aliphatic hydroxyl groups is 2. The summed E-state index contributed by atoms with van der Waals surface area (Å²) in [4.78, 5) is 21.1. The average molecular weight is 430 g/mol. The Labute approximate surface area is 179 Å². The highest BCUT2D eigenvalue weighted by Gasteiger charge is 2.17. The molecule has 0 fully saturated rings. The highest BCUT2D eigenvalue weighted by Crippen LogP contribution is 2.18. The predicted molar refractivity (Wildman–Crippen MR) is 115 cm³/mol. The Hall–Kier alpha value is -2.94. The van der Waals surface area contributed by atoms with Crippen molar-refractivity contribution in [3.63, 3.8) is 0 Å². The van der Waals surface area contributed by atoms with Gasteiger partial charge in [0.05, 0.1) is 31.0 Å². The molecule has 0 saturated heterocycles. The molecule has 0 radical (unpaired) electrons. The van der Waals surface area contributed by atoms with Crippen molar-refractivity contribution < 1.29 is 15.0 Å². The smallest absolute Gasteiger partial charge is 0.272 e. The zero-order chi connectivity index (χ0) is 21.5. The summed E-state index contributed by atoms with van der Waals surface area (Å²) >= 11 is 6.00. The Morgan fingerprint density at radius 3 is 2.73 bits per heavy atom. The molecular formula is C21H24ClN5O3. The molecule has 9 heteroatoms. The molecule has 3 rings (SSSR count). The minimum absolute atomic E-state index is 0.0104. The maximum Gasteiger partial charge on any atom is 0.272 e. The van der Waals surface area contributed by atoms with Crippen molar-refractivity contribution >= 4 is 23.3 Å². The van der Waals surface area contributed by atoms with E-state index in [9.17, 15) is 15.0 Å². The first kappa shape index (κ1) is 21.8. The molecule has 3 aromatic rings. The summed E-state index contributed by atoms with van der Waals surface area (Å²) in [6.45, 7) is 1.72. The average Bonchev–Trinajstić information content (AvgIpc) is 3.26. The lowest BCUT2D eigenvalue weighted by Crippen LogP contribution is -2.31. The van der Waals surface area contributed by atoms with Crippen molar-refractivity contribution in [3.05, 3.63) is 71.4 Å². The molecule has 0 aliphatic heterocycles. The van der Waals surface area contributed by atoms with Crippen molar-refractivity contribution in [3.8, 4) is 5.69 Å². The van der Waals surface area contributed by atoms with Crippen LogP contribution in [0.5, 0.6) is 0 Å². The molecule has 0 bridgehead atoms. The van der Waals surface area contributed by atoms with Crippen LogP contribution in [0, 0.1) is 0 Å². The lowest BCUT2D eigenvalue weighted by Gasteiger charge is -2.16. The maximum atomic E-state index is 12.6. The zero-order valence-electron chi connectivity index (χ0n) is 16.5. The van der Waals surface area contributed by atoms with E-state index in [1.54, 1.807) is 47.3 Å². The van der Waals surface area contributed by atoms with Crippen LogP contribution in [-0.4, -0.2) is 49.9 Å². The van der Waals surface area contributed by atoms with Crippen molar-refractivity contribution in [2.24, 2.45) is 0 Å². The number of hydrogen-bond acceptors (Lipinski definition) is 6. The van der Waals surface area contributed by atoms with Gasteiger partial charge in [-0.15, -0.1) is 0 Å². The van der Waals surface area contributed by atoms with Gasteiger partial charge < -0.3 is 25.4 Å². The number of hydrogen-bond donors (Lipinski definition) is 4. The fourth-order valence-electron chi connectivity index (χ4n) is 2.92. The van der Waals surface area contributed by atoms with Crippen LogP contribution in [-0.2, 0) is 0 Å². The highest BCUT2D eigenvalue weighted by atomic mass is 35.5. The quantitative estimate of drug-likeness (QED) is 0.416. The van der Waals surface area contributed by atoms with Crippen LogP contribution in [0.25, 0.3) is 5.69 Å². The van der Waals surface area contributed by atoms with Crippen molar-refractivity contribution in [1.82, 2.24) is 19.9 Å². The van der Waals surface area contributed by atoms with Gasteiger partial charge in [0.15, 0.2) is 0 Å². The first-order valence-electron chi connectivity index (χ1n) is 9.59. The first-order valence-corrected chi connectivity index (χ1v) is 9.96. The second kappa shape index (κ2) is 10.2. The lowest BCUT2D eigenvalue weighted by atomic mass is 10.1. The van der Waals surface area contributed by atoms with Crippen molar-refractivity contribution in [1.29, 1.82) is 0 Å². The number of nitrogens with zero attached hydrogens (tertiary/aromatic N) is 3. The van der Waals surface area contributed by atoms with Crippen LogP contribution >= 0.6 is 11.6 Å². The number of aliphatic hydroxyl groups excluding tert-OH is 2. The van der Waals surface area contributed by atoms with E-state index in [1.165, 1.54) is 6.33 Å². The highest BCUT2D eigenvalue weighted by molar-refractivity contribution is 6.30. The minimum Gasteiger partial charge on any atom is -0.394 e. The molecule has 0 aliphatic carbocycles. The van der Waals surface area contributed by atoms with Crippen LogP contribution in [0.15, 0.2) is 55.1 Å². The van der Waals surface area contributed by atoms with Gasteiger partial charge in [0.2, 0.25) is 0 Å². The van der Waals surface area contributed by atoms with E-state index < -0.39 is 11.9 Å². The SMILES string of the molecule is CCC(CO)Nc1cc(-n2cnc(C(=O)NC(CO)c3cccc(Cl)c3)c2)ccn1. The molecule has 30 heavy (non-hydrogen) atoms. The number of rotatable bonds is 9. The van der Waals surface area contributed by atoms with Gasteiger partial charge in [0, 0.05) is 23.5 Å². The lowest BCUT2D eigenvalue weighted by molar-refractivity contribution is 0.0911. The van der Waals surface area contributed by atoms with E-state index in [0.29, 0.717) is 16.4 Å². The molecule has 0 saturated carbocycles. The number of carbonyl (C=O) groups is 1. The van der Waals surface area contributed by atoms with Crippen molar-refractivity contribution in [2.75, 3.05) is 18.5 Å². The fourth-order valence-corrected chi connectivity index (χ4v) is 3.11. The minimum atomic E-state index is -0.595. The van der Waals surface area contributed by atoms with Crippen molar-refractivity contribution in [2.45, 2.75) is 25.4 Å². The number of pyridine rings is 1. The van der Waals surface area contributed by atoms with E-state index in [2.05, 4.69) is 20.6 Å². The summed E-state index contributed by atoms with van der Waals surface area (Å²) in [5.74, 6) is 0.209. The number of carbonyl (C=O) groups excluding carboxylic acids is 1. The number of aromatic nitrogens is 3. The molecule has 8 nitrogen and oxygen atoms in total. The van der Waals surface area contributed by atoms with E-state index in [4.69, 9.17) is 11.6 Å². The summed E-state index contributed by atoms with van der Waals surface area (Å²) in [6, 6.07) is 9.89. The van der Waals surface area contributed by atoms with Gasteiger partial charge in [-0.05, 0) is 30.2 Å². The van der Waals surface area contributed by atoms with E-state index in [0.717, 1.165) is 12.1 Å². The Morgan fingerprint density at radius 2 is 2.03 bits per heavy atom. The summed E-state index contributed by atoms with van der Waals surface area (Å²) in [5.41, 5.74) is 1.68. The summed E-state index contributed by atoms with van der Waals surface area (Å²) in [5, 5.41) is 25.5. The standard InChI is InChI=1S/C21H24ClN5O3/c1-2-16(11-28)25-20-9-17(6-7-23-20)27-10-18(24-13-27)21(30)26-19(12-29)14-4-3-5-15(22)8-14/h3-10,13,16,19,28-29H,2,11-12H2,1H3,(H,23,25)(H,26,30). The topological polar surface area (TPSA) is 112 Å². The molecule has 2 unspecified atom stereocenters. The molecule has 2 aromatic heterocycles. The Kier molecular flexibility index (Phi) is 7.40. The van der Waals surface area contributed by atoms with Gasteiger partial charge in [0.25, 0.3) is 5.91 Å². The molecule has 0 spiro atoms. The van der Waals surface area contributed by atoms with E-state index in [1.807, 2.05) is 13.0 Å². The van der Waals surface area contributed by atoms with Gasteiger partial charge >= 0.3 is 0 Å². The third kappa shape index (κ3) is 5.35. The molecule has 1 aromatic carbocycles. The molecule has 4 N–H and O–H groups in total. The third-order valence-electron chi connectivity index (χ3n) is 4.66. The number of amides is 1. The second-order valence-electron chi connectivity index (χ2n) is 6.76. The van der Waals surface area contributed by atoms with Crippen LogP contribution < -0.4 is 10.6 Å². The number of nitrogens with one attached hydrogen (secondary N) is 2. The number of benzene rings is 1.